The summed E-state index contributed by atoms with van der Waals surface area (Å²) in [4.78, 5) is 23.8. The summed E-state index contributed by atoms with van der Waals surface area (Å²) in [6.07, 6.45) is 3.62. The van der Waals surface area contributed by atoms with Crippen LogP contribution >= 0.6 is 0 Å². The number of aromatic hydroxyl groups is 1. The molecule has 0 spiro atoms. The summed E-state index contributed by atoms with van der Waals surface area (Å²) >= 11 is 0. The first-order valence-electron chi connectivity index (χ1n) is 6.55. The number of hydrogen-bond acceptors (Lipinski definition) is 6. The molecule has 0 atom stereocenters. The van der Waals surface area contributed by atoms with Crippen LogP contribution in [0.1, 0.15) is 21.7 Å². The van der Waals surface area contributed by atoms with Gasteiger partial charge in [0, 0.05) is 12.3 Å². The van der Waals surface area contributed by atoms with E-state index in [0.29, 0.717) is 5.56 Å². The number of sulfone groups is 1. The zero-order valence-electron chi connectivity index (χ0n) is 12.4. The van der Waals surface area contributed by atoms with Crippen molar-refractivity contribution in [1.29, 1.82) is 0 Å². The van der Waals surface area contributed by atoms with Gasteiger partial charge in [-0.15, -0.1) is 0 Å². The molecule has 2 rings (SSSR count). The van der Waals surface area contributed by atoms with Crippen molar-refractivity contribution in [3.05, 3.63) is 63.7 Å². The third-order valence-corrected chi connectivity index (χ3v) is 4.16. The number of hydrogen-bond donors (Lipinski definition) is 1. The van der Waals surface area contributed by atoms with Crippen LogP contribution < -0.4 is 5.63 Å². The molecular formula is C16H14O6S. The van der Waals surface area contributed by atoms with Crippen molar-refractivity contribution < 1.29 is 22.7 Å². The van der Waals surface area contributed by atoms with Gasteiger partial charge in [-0.05, 0) is 30.7 Å². The van der Waals surface area contributed by atoms with Crippen molar-refractivity contribution in [3.63, 3.8) is 0 Å². The van der Waals surface area contributed by atoms with Crippen molar-refractivity contribution in [2.75, 3.05) is 6.26 Å². The molecule has 1 aromatic heterocycles. The van der Waals surface area contributed by atoms with E-state index in [4.69, 9.17) is 4.42 Å². The van der Waals surface area contributed by atoms with Gasteiger partial charge in [0.05, 0.1) is 4.90 Å². The van der Waals surface area contributed by atoms with E-state index in [0.717, 1.165) is 12.3 Å². The lowest BCUT2D eigenvalue weighted by molar-refractivity contribution is 0.104. The molecule has 0 unspecified atom stereocenters. The number of carbonyl (C=O) groups is 1. The van der Waals surface area contributed by atoms with Gasteiger partial charge in [-0.1, -0.05) is 18.2 Å². The van der Waals surface area contributed by atoms with E-state index in [2.05, 4.69) is 0 Å². The van der Waals surface area contributed by atoms with Crippen molar-refractivity contribution in [2.24, 2.45) is 0 Å². The van der Waals surface area contributed by atoms with Crippen LogP contribution in [0.25, 0.3) is 6.08 Å². The Balaban J connectivity index is 2.27. The fraction of sp³-hybridized carbons (Fsp3) is 0.125. The number of aryl methyl sites for hydroxylation is 1. The van der Waals surface area contributed by atoms with Crippen molar-refractivity contribution in [3.8, 4) is 5.75 Å². The van der Waals surface area contributed by atoms with Crippen LogP contribution in [0.4, 0.5) is 0 Å². The van der Waals surface area contributed by atoms with E-state index in [1.165, 1.54) is 43.3 Å². The van der Waals surface area contributed by atoms with Crippen LogP contribution in [-0.4, -0.2) is 25.6 Å². The van der Waals surface area contributed by atoms with Crippen LogP contribution in [-0.2, 0) is 9.84 Å². The summed E-state index contributed by atoms with van der Waals surface area (Å²) in [5, 5.41) is 9.68. The highest BCUT2D eigenvalue weighted by atomic mass is 32.2. The van der Waals surface area contributed by atoms with Gasteiger partial charge in [0.15, 0.2) is 15.6 Å². The minimum Gasteiger partial charge on any atom is -0.507 e. The Morgan fingerprint density at radius 1 is 1.22 bits per heavy atom. The van der Waals surface area contributed by atoms with Crippen molar-refractivity contribution in [2.45, 2.75) is 11.8 Å². The lowest BCUT2D eigenvalue weighted by Gasteiger charge is -2.00. The maximum atomic E-state index is 12.0. The van der Waals surface area contributed by atoms with Gasteiger partial charge in [-0.2, -0.15) is 0 Å². The molecule has 1 N–H and O–H groups in total. The van der Waals surface area contributed by atoms with Crippen molar-refractivity contribution in [1.82, 2.24) is 0 Å². The summed E-state index contributed by atoms with van der Waals surface area (Å²) in [6, 6.07) is 7.06. The largest absolute Gasteiger partial charge is 0.507 e. The van der Waals surface area contributed by atoms with E-state index < -0.39 is 32.6 Å². The van der Waals surface area contributed by atoms with Gasteiger partial charge in [0.2, 0.25) is 0 Å². The smallest absolute Gasteiger partial charge is 0.351 e. The molecule has 1 heterocycles. The molecule has 0 amide bonds. The standard InChI is InChI=1S/C16H14O6S/c1-10-9-14(18)15(16(19)22-10)13(17)8-5-11-3-6-12(7-4-11)23(2,20)21/h3-9,18H,1-2H3/b8-5+. The highest BCUT2D eigenvalue weighted by Gasteiger charge is 2.15. The molecule has 0 saturated heterocycles. The maximum absolute atomic E-state index is 12.0. The number of allylic oxidation sites excluding steroid dienone is 1. The molecule has 120 valence electrons. The van der Waals surface area contributed by atoms with E-state index >= 15 is 0 Å². The molecule has 6 nitrogen and oxygen atoms in total. The zero-order valence-corrected chi connectivity index (χ0v) is 13.3. The third-order valence-electron chi connectivity index (χ3n) is 3.04. The maximum Gasteiger partial charge on any atom is 0.351 e. The monoisotopic (exact) mass is 334 g/mol. The van der Waals surface area contributed by atoms with Crippen molar-refractivity contribution >= 4 is 21.7 Å². The highest BCUT2D eigenvalue weighted by Crippen LogP contribution is 2.16. The molecule has 0 saturated carbocycles. The van der Waals surface area contributed by atoms with Gasteiger partial charge in [0.25, 0.3) is 0 Å². The molecule has 0 radical (unpaired) electrons. The minimum atomic E-state index is -3.29. The van der Waals surface area contributed by atoms with E-state index in [-0.39, 0.29) is 10.7 Å². The predicted octanol–water partition coefficient (Wildman–Crippen LogP) is 1.95. The summed E-state index contributed by atoms with van der Waals surface area (Å²) in [5.41, 5.74) is -0.786. The molecule has 0 aliphatic rings. The first-order valence-corrected chi connectivity index (χ1v) is 8.44. The SMILES string of the molecule is Cc1cc(O)c(C(=O)/C=C/c2ccc(S(C)(=O)=O)cc2)c(=O)o1. The Bertz CT molecular complexity index is 934. The fourth-order valence-electron chi connectivity index (χ4n) is 1.90. The number of ketones is 1. The second-order valence-electron chi connectivity index (χ2n) is 4.94. The van der Waals surface area contributed by atoms with Gasteiger partial charge >= 0.3 is 5.63 Å². The van der Waals surface area contributed by atoms with Crippen LogP contribution in [0.2, 0.25) is 0 Å². The average Bonchev–Trinajstić information content (AvgIpc) is 2.43. The van der Waals surface area contributed by atoms with E-state index in [1.54, 1.807) is 0 Å². The molecule has 0 fully saturated rings. The first-order chi connectivity index (χ1) is 10.7. The predicted molar refractivity (Wildman–Crippen MR) is 84.3 cm³/mol. The van der Waals surface area contributed by atoms with E-state index in [9.17, 15) is 23.1 Å². The molecule has 0 bridgehead atoms. The second-order valence-corrected chi connectivity index (χ2v) is 6.96. The van der Waals surface area contributed by atoms with Crippen LogP contribution in [0.3, 0.4) is 0 Å². The normalized spacial score (nSPS) is 11.7. The molecule has 0 aliphatic heterocycles. The van der Waals surface area contributed by atoms with Gasteiger partial charge in [-0.3, -0.25) is 4.79 Å². The van der Waals surface area contributed by atoms with Gasteiger partial charge in [-0.25, -0.2) is 13.2 Å². The topological polar surface area (TPSA) is 102 Å². The Labute approximate surface area is 132 Å². The Morgan fingerprint density at radius 2 is 1.83 bits per heavy atom. The van der Waals surface area contributed by atoms with Gasteiger partial charge < -0.3 is 9.52 Å². The molecule has 2 aromatic rings. The Kier molecular flexibility index (Phi) is 4.51. The Morgan fingerprint density at radius 3 is 2.35 bits per heavy atom. The molecule has 0 aliphatic carbocycles. The summed E-state index contributed by atoms with van der Waals surface area (Å²) < 4.78 is 27.5. The number of rotatable bonds is 4. The molecule has 23 heavy (non-hydrogen) atoms. The summed E-state index contributed by atoms with van der Waals surface area (Å²) in [5.74, 6) is -0.950. The second kappa shape index (κ2) is 6.21. The average molecular weight is 334 g/mol. The molecule has 1 aromatic carbocycles. The quantitative estimate of drug-likeness (QED) is 0.677. The number of benzene rings is 1. The zero-order chi connectivity index (χ0) is 17.2. The van der Waals surface area contributed by atoms with Crippen LogP contribution in [0.15, 0.2) is 50.5 Å². The lowest BCUT2D eigenvalue weighted by Crippen LogP contribution is -2.12. The molecular weight excluding hydrogens is 320 g/mol. The molecule has 7 heteroatoms. The fourth-order valence-corrected chi connectivity index (χ4v) is 2.53. The van der Waals surface area contributed by atoms with Crippen LogP contribution in [0, 0.1) is 6.92 Å². The summed E-state index contributed by atoms with van der Waals surface area (Å²) in [7, 11) is -3.29. The number of carbonyl (C=O) groups excluding carboxylic acids is 1. The minimum absolute atomic E-state index is 0.165. The van der Waals surface area contributed by atoms with Crippen LogP contribution in [0.5, 0.6) is 5.75 Å². The third kappa shape index (κ3) is 3.95. The Hall–Kier alpha value is -2.67. The first kappa shape index (κ1) is 16.7. The van der Waals surface area contributed by atoms with Gasteiger partial charge in [0.1, 0.15) is 17.1 Å². The summed E-state index contributed by atoms with van der Waals surface area (Å²) in [6.45, 7) is 1.48. The van der Waals surface area contributed by atoms with E-state index in [1.807, 2.05) is 0 Å². The lowest BCUT2D eigenvalue weighted by atomic mass is 10.1. The highest BCUT2D eigenvalue weighted by molar-refractivity contribution is 7.90.